The molecule has 0 unspecified atom stereocenters. The summed E-state index contributed by atoms with van der Waals surface area (Å²) >= 11 is 0. The second-order valence-corrected chi connectivity index (χ2v) is 7.88. The van der Waals surface area contributed by atoms with Crippen LogP contribution < -0.4 is 9.64 Å². The third kappa shape index (κ3) is 4.22. The lowest BCUT2D eigenvalue weighted by Crippen LogP contribution is -2.49. The van der Waals surface area contributed by atoms with Gasteiger partial charge in [-0.2, -0.15) is 0 Å². The van der Waals surface area contributed by atoms with E-state index >= 15 is 0 Å². The summed E-state index contributed by atoms with van der Waals surface area (Å²) < 4.78 is 5.82. The van der Waals surface area contributed by atoms with Crippen molar-refractivity contribution in [2.24, 2.45) is 0 Å². The molecule has 0 N–H and O–H groups in total. The highest BCUT2D eigenvalue weighted by molar-refractivity contribution is 6.09. The Morgan fingerprint density at radius 2 is 1.70 bits per heavy atom. The number of pyridine rings is 1. The van der Waals surface area contributed by atoms with Crippen LogP contribution in [0.2, 0.25) is 0 Å². The fourth-order valence-corrected chi connectivity index (χ4v) is 4.22. The van der Waals surface area contributed by atoms with Gasteiger partial charge in [-0.05, 0) is 48.0 Å². The number of benzene rings is 2. The van der Waals surface area contributed by atoms with Crippen LogP contribution in [0.4, 0.5) is 5.82 Å². The molecule has 7 heteroatoms. The van der Waals surface area contributed by atoms with E-state index in [1.165, 1.54) is 0 Å². The van der Waals surface area contributed by atoms with Crippen LogP contribution in [-0.2, 0) is 0 Å². The minimum Gasteiger partial charge on any atom is -0.493 e. The van der Waals surface area contributed by atoms with Crippen molar-refractivity contribution in [1.82, 2.24) is 20.1 Å². The number of aromatic nitrogens is 3. The monoisotopic (exact) mass is 439 g/mol. The standard InChI is InChI=1S/C26H25N5O2/c1-2-33-23-9-7-19-5-3-4-6-21(19)25(23)26(32)31-17-15-30(16-18-31)24-10-8-22(28-29-24)20-11-13-27-14-12-20/h3-14H,2,15-18H2,1H3. The van der Waals surface area contributed by atoms with Gasteiger partial charge in [0.2, 0.25) is 0 Å². The predicted octanol–water partition coefficient (Wildman–Crippen LogP) is 4.05. The van der Waals surface area contributed by atoms with Crippen LogP contribution in [0.15, 0.2) is 73.1 Å². The van der Waals surface area contributed by atoms with Crippen LogP contribution in [0, 0.1) is 0 Å². The number of hydrogen-bond acceptors (Lipinski definition) is 6. The van der Waals surface area contributed by atoms with E-state index in [9.17, 15) is 4.79 Å². The molecule has 0 spiro atoms. The van der Waals surface area contributed by atoms with Gasteiger partial charge in [0.1, 0.15) is 5.75 Å². The first-order valence-electron chi connectivity index (χ1n) is 11.2. The SMILES string of the molecule is CCOc1ccc2ccccc2c1C(=O)N1CCN(c2ccc(-c3ccncc3)nn2)CC1. The zero-order valence-corrected chi connectivity index (χ0v) is 18.5. The molecule has 4 aromatic rings. The summed E-state index contributed by atoms with van der Waals surface area (Å²) in [6.45, 7) is 5.07. The quantitative estimate of drug-likeness (QED) is 0.467. The molecule has 1 amide bonds. The number of anilines is 1. The molecule has 1 saturated heterocycles. The van der Waals surface area contributed by atoms with E-state index in [4.69, 9.17) is 4.74 Å². The third-order valence-electron chi connectivity index (χ3n) is 5.92. The minimum atomic E-state index is 0.00835. The van der Waals surface area contributed by atoms with E-state index in [1.807, 2.05) is 72.5 Å². The number of rotatable bonds is 5. The number of hydrogen-bond donors (Lipinski definition) is 0. The molecule has 166 valence electrons. The van der Waals surface area contributed by atoms with E-state index in [2.05, 4.69) is 20.1 Å². The van der Waals surface area contributed by atoms with Crippen LogP contribution in [-0.4, -0.2) is 58.8 Å². The lowest BCUT2D eigenvalue weighted by atomic mass is 10.0. The Morgan fingerprint density at radius 3 is 2.42 bits per heavy atom. The number of piperazine rings is 1. The van der Waals surface area contributed by atoms with Gasteiger partial charge in [-0.25, -0.2) is 0 Å². The van der Waals surface area contributed by atoms with Crippen LogP contribution in [0.1, 0.15) is 17.3 Å². The van der Waals surface area contributed by atoms with Gasteiger partial charge in [0.05, 0.1) is 17.9 Å². The van der Waals surface area contributed by atoms with Gasteiger partial charge in [0, 0.05) is 44.1 Å². The summed E-state index contributed by atoms with van der Waals surface area (Å²) in [4.78, 5) is 21.7. The zero-order chi connectivity index (χ0) is 22.6. The highest BCUT2D eigenvalue weighted by atomic mass is 16.5. The average molecular weight is 440 g/mol. The van der Waals surface area contributed by atoms with E-state index in [1.54, 1.807) is 12.4 Å². The normalized spacial score (nSPS) is 13.8. The van der Waals surface area contributed by atoms with Gasteiger partial charge in [-0.1, -0.05) is 30.3 Å². The lowest BCUT2D eigenvalue weighted by Gasteiger charge is -2.35. The molecular weight excluding hydrogens is 414 g/mol. The molecular formula is C26H25N5O2. The first-order chi connectivity index (χ1) is 16.2. The molecule has 0 saturated carbocycles. The van der Waals surface area contributed by atoms with Crippen molar-refractivity contribution in [2.75, 3.05) is 37.7 Å². The van der Waals surface area contributed by atoms with Crippen LogP contribution in [0.3, 0.4) is 0 Å². The fourth-order valence-electron chi connectivity index (χ4n) is 4.22. The van der Waals surface area contributed by atoms with Crippen LogP contribution in [0.25, 0.3) is 22.0 Å². The van der Waals surface area contributed by atoms with Gasteiger partial charge >= 0.3 is 0 Å². The van der Waals surface area contributed by atoms with Crippen molar-refractivity contribution >= 4 is 22.5 Å². The summed E-state index contributed by atoms with van der Waals surface area (Å²) in [5, 5.41) is 10.8. The molecule has 33 heavy (non-hydrogen) atoms. The first kappa shape index (κ1) is 20.9. The van der Waals surface area contributed by atoms with E-state index < -0.39 is 0 Å². The van der Waals surface area contributed by atoms with Crippen molar-refractivity contribution < 1.29 is 9.53 Å². The molecule has 1 aliphatic heterocycles. The van der Waals surface area contributed by atoms with Gasteiger partial charge in [-0.15, -0.1) is 10.2 Å². The number of carbonyl (C=O) groups is 1. The number of carbonyl (C=O) groups excluding carboxylic acids is 1. The summed E-state index contributed by atoms with van der Waals surface area (Å²) in [7, 11) is 0. The molecule has 0 radical (unpaired) electrons. The van der Waals surface area contributed by atoms with E-state index in [0.717, 1.165) is 27.8 Å². The van der Waals surface area contributed by atoms with Gasteiger partial charge < -0.3 is 14.5 Å². The second kappa shape index (κ2) is 9.24. The Morgan fingerprint density at radius 1 is 0.909 bits per heavy atom. The highest BCUT2D eigenvalue weighted by Gasteiger charge is 2.26. The first-order valence-corrected chi connectivity index (χ1v) is 11.2. The maximum Gasteiger partial charge on any atom is 0.258 e. The predicted molar refractivity (Wildman–Crippen MR) is 128 cm³/mol. The Kier molecular flexibility index (Phi) is 5.85. The highest BCUT2D eigenvalue weighted by Crippen LogP contribution is 2.30. The van der Waals surface area contributed by atoms with Crippen molar-refractivity contribution in [3.05, 3.63) is 78.6 Å². The Bertz CT molecular complexity index is 1250. The Balaban J connectivity index is 1.32. The summed E-state index contributed by atoms with van der Waals surface area (Å²) in [6, 6.07) is 19.6. The van der Waals surface area contributed by atoms with Crippen molar-refractivity contribution in [3.63, 3.8) is 0 Å². The maximum atomic E-state index is 13.5. The van der Waals surface area contributed by atoms with Gasteiger partial charge in [-0.3, -0.25) is 9.78 Å². The van der Waals surface area contributed by atoms with E-state index in [0.29, 0.717) is 44.1 Å². The summed E-state index contributed by atoms with van der Waals surface area (Å²) in [6.07, 6.45) is 3.49. The molecule has 2 aromatic heterocycles. The molecule has 3 heterocycles. The summed E-state index contributed by atoms with van der Waals surface area (Å²) in [5.74, 6) is 1.47. The van der Waals surface area contributed by atoms with Crippen molar-refractivity contribution in [2.45, 2.75) is 6.92 Å². The zero-order valence-electron chi connectivity index (χ0n) is 18.5. The van der Waals surface area contributed by atoms with Crippen LogP contribution >= 0.6 is 0 Å². The molecule has 5 rings (SSSR count). The number of fused-ring (bicyclic) bond motifs is 1. The van der Waals surface area contributed by atoms with E-state index in [-0.39, 0.29) is 5.91 Å². The molecule has 7 nitrogen and oxygen atoms in total. The number of amides is 1. The van der Waals surface area contributed by atoms with Crippen LogP contribution in [0.5, 0.6) is 5.75 Å². The fraction of sp³-hybridized carbons (Fsp3) is 0.231. The Hall–Kier alpha value is -4.00. The van der Waals surface area contributed by atoms with Gasteiger partial charge in [0.15, 0.2) is 5.82 Å². The third-order valence-corrected chi connectivity index (χ3v) is 5.92. The topological polar surface area (TPSA) is 71.5 Å². The Labute approximate surface area is 192 Å². The van der Waals surface area contributed by atoms with Crippen molar-refractivity contribution in [1.29, 1.82) is 0 Å². The minimum absolute atomic E-state index is 0.00835. The second-order valence-electron chi connectivity index (χ2n) is 7.88. The lowest BCUT2D eigenvalue weighted by molar-refractivity contribution is 0.0744. The largest absolute Gasteiger partial charge is 0.493 e. The number of nitrogens with zero attached hydrogens (tertiary/aromatic N) is 5. The van der Waals surface area contributed by atoms with Gasteiger partial charge in [0.25, 0.3) is 5.91 Å². The molecule has 0 aliphatic carbocycles. The average Bonchev–Trinajstić information content (AvgIpc) is 2.89. The summed E-state index contributed by atoms with van der Waals surface area (Å²) in [5.41, 5.74) is 2.44. The molecule has 1 fully saturated rings. The molecule has 1 aliphatic rings. The number of ether oxygens (including phenoxy) is 1. The smallest absolute Gasteiger partial charge is 0.258 e. The van der Waals surface area contributed by atoms with Crippen molar-refractivity contribution in [3.8, 4) is 17.0 Å². The molecule has 0 atom stereocenters. The molecule has 0 bridgehead atoms. The maximum absolute atomic E-state index is 13.5. The molecule has 2 aromatic carbocycles.